The van der Waals surface area contributed by atoms with Gasteiger partial charge in [0.15, 0.2) is 0 Å². The van der Waals surface area contributed by atoms with Crippen molar-refractivity contribution < 1.29 is 9.13 Å². The van der Waals surface area contributed by atoms with Gasteiger partial charge in [-0.3, -0.25) is 0 Å². The van der Waals surface area contributed by atoms with Gasteiger partial charge in [-0.2, -0.15) is 5.26 Å². The Morgan fingerprint density at radius 1 is 1.32 bits per heavy atom. The molecule has 0 aliphatic heterocycles. The number of nitriles is 1. The molecular weight excluding hydrogens is 343 g/mol. The maximum absolute atomic E-state index is 13.4. The maximum atomic E-state index is 13.4. The second kappa shape index (κ2) is 9.80. The molecule has 1 aromatic carbocycles. The summed E-state index contributed by atoms with van der Waals surface area (Å²) in [6.45, 7) is 2.54. The van der Waals surface area contributed by atoms with Crippen LogP contribution in [0.4, 0.5) is 10.2 Å². The summed E-state index contributed by atoms with van der Waals surface area (Å²) in [7, 11) is 0. The Morgan fingerprint density at radius 2 is 2.08 bits per heavy atom. The number of hydrogen-bond acceptors (Lipinski definition) is 5. The Hall–Kier alpha value is -2.39. The van der Waals surface area contributed by atoms with E-state index >= 15 is 0 Å². The molecule has 0 aliphatic rings. The molecule has 0 bridgehead atoms. The van der Waals surface area contributed by atoms with E-state index < -0.39 is 6.17 Å². The number of halogens is 2. The monoisotopic (exact) mass is 362 g/mol. The van der Waals surface area contributed by atoms with Gasteiger partial charge in [-0.1, -0.05) is 23.7 Å². The molecule has 0 saturated heterocycles. The first-order valence-electron chi connectivity index (χ1n) is 8.09. The maximum Gasteiger partial charge on any atom is 0.148 e. The fourth-order valence-electron chi connectivity index (χ4n) is 2.20. The van der Waals surface area contributed by atoms with Crippen LogP contribution in [0.2, 0.25) is 5.02 Å². The summed E-state index contributed by atoms with van der Waals surface area (Å²) in [6.07, 6.45) is 2.05. The third kappa shape index (κ3) is 5.87. The Morgan fingerprint density at radius 3 is 2.76 bits per heavy atom. The minimum Gasteiger partial charge on any atom is -0.494 e. The highest BCUT2D eigenvalue weighted by molar-refractivity contribution is 6.33. The van der Waals surface area contributed by atoms with Crippen LogP contribution >= 0.6 is 11.6 Å². The van der Waals surface area contributed by atoms with Crippen LogP contribution in [0.25, 0.3) is 0 Å². The summed E-state index contributed by atoms with van der Waals surface area (Å²) < 4.78 is 19.0. The van der Waals surface area contributed by atoms with Crippen molar-refractivity contribution in [1.29, 1.82) is 5.26 Å². The number of benzene rings is 1. The molecule has 1 unspecified atom stereocenters. The molecular formula is C18H20ClFN4O. The van der Waals surface area contributed by atoms with Crippen molar-refractivity contribution in [2.75, 3.05) is 18.5 Å². The molecule has 0 amide bonds. The number of ether oxygens (including phenoxy) is 1. The van der Waals surface area contributed by atoms with Crippen molar-refractivity contribution in [1.82, 2.24) is 9.97 Å². The summed E-state index contributed by atoms with van der Waals surface area (Å²) in [5, 5.41) is 11.8. The van der Waals surface area contributed by atoms with E-state index in [1.54, 1.807) is 0 Å². The van der Waals surface area contributed by atoms with Crippen LogP contribution in [0.15, 0.2) is 30.6 Å². The van der Waals surface area contributed by atoms with Gasteiger partial charge in [0.25, 0.3) is 0 Å². The third-order valence-corrected chi connectivity index (χ3v) is 3.90. The molecule has 2 rings (SSSR count). The van der Waals surface area contributed by atoms with Crippen LogP contribution in [0.1, 0.15) is 37.2 Å². The van der Waals surface area contributed by atoms with Gasteiger partial charge in [0.2, 0.25) is 0 Å². The van der Waals surface area contributed by atoms with Gasteiger partial charge in [-0.05, 0) is 37.5 Å². The van der Waals surface area contributed by atoms with Crippen LogP contribution in [0.3, 0.4) is 0 Å². The molecule has 2 aromatic rings. The largest absolute Gasteiger partial charge is 0.494 e. The lowest BCUT2D eigenvalue weighted by atomic mass is 10.1. The molecule has 0 saturated carbocycles. The highest BCUT2D eigenvalue weighted by Gasteiger charge is 2.14. The van der Waals surface area contributed by atoms with Gasteiger partial charge in [-0.15, -0.1) is 0 Å². The normalized spacial score (nSPS) is 11.6. The molecule has 132 valence electrons. The summed E-state index contributed by atoms with van der Waals surface area (Å²) in [5.74, 6) is 1.23. The SMILES string of the molecule is CC(F)c1ncnc(NCCc2ccc(OCCCC#N)cc2)c1Cl. The van der Waals surface area contributed by atoms with Crippen molar-refractivity contribution in [2.45, 2.75) is 32.4 Å². The third-order valence-electron chi connectivity index (χ3n) is 3.52. The number of unbranched alkanes of at least 4 members (excludes halogenated alkanes) is 1. The van der Waals surface area contributed by atoms with Crippen LogP contribution in [-0.4, -0.2) is 23.1 Å². The van der Waals surface area contributed by atoms with Crippen molar-refractivity contribution in [3.8, 4) is 11.8 Å². The van der Waals surface area contributed by atoms with Gasteiger partial charge in [0.05, 0.1) is 18.4 Å². The minimum atomic E-state index is -1.24. The topological polar surface area (TPSA) is 70.8 Å². The predicted octanol–water partition coefficient (Wildman–Crippen LogP) is 4.50. The fourth-order valence-corrected chi connectivity index (χ4v) is 2.52. The smallest absolute Gasteiger partial charge is 0.148 e. The summed E-state index contributed by atoms with van der Waals surface area (Å²) >= 11 is 6.11. The van der Waals surface area contributed by atoms with Gasteiger partial charge >= 0.3 is 0 Å². The lowest BCUT2D eigenvalue weighted by Gasteiger charge is -2.11. The standard InChI is InChI=1S/C18H20ClFN4O/c1-13(20)17-16(19)18(24-12-23-17)22-10-8-14-4-6-15(7-5-14)25-11-3-2-9-21/h4-7,12-13H,2-3,8,10-11H2,1H3,(H,22,23,24). The molecule has 7 heteroatoms. The van der Waals surface area contributed by atoms with E-state index in [1.165, 1.54) is 13.3 Å². The van der Waals surface area contributed by atoms with E-state index in [2.05, 4.69) is 21.4 Å². The first kappa shape index (κ1) is 18.9. The van der Waals surface area contributed by atoms with Gasteiger partial charge in [-0.25, -0.2) is 14.4 Å². The molecule has 1 atom stereocenters. The van der Waals surface area contributed by atoms with E-state index in [1.807, 2.05) is 24.3 Å². The Labute approximate surface area is 151 Å². The highest BCUT2D eigenvalue weighted by Crippen LogP contribution is 2.28. The van der Waals surface area contributed by atoms with E-state index in [0.29, 0.717) is 25.4 Å². The van der Waals surface area contributed by atoms with E-state index in [4.69, 9.17) is 21.6 Å². The molecule has 0 radical (unpaired) electrons. The van der Waals surface area contributed by atoms with Crippen molar-refractivity contribution in [3.05, 3.63) is 46.9 Å². The molecule has 5 nitrogen and oxygen atoms in total. The van der Waals surface area contributed by atoms with Crippen molar-refractivity contribution >= 4 is 17.4 Å². The first-order chi connectivity index (χ1) is 12.1. The quantitative estimate of drug-likeness (QED) is 0.665. The van der Waals surface area contributed by atoms with E-state index in [0.717, 1.165) is 24.2 Å². The van der Waals surface area contributed by atoms with Crippen molar-refractivity contribution in [3.63, 3.8) is 0 Å². The number of nitrogens with one attached hydrogen (secondary N) is 1. The number of alkyl halides is 1. The van der Waals surface area contributed by atoms with Crippen LogP contribution in [0, 0.1) is 11.3 Å². The molecule has 0 fully saturated rings. The van der Waals surface area contributed by atoms with Crippen LogP contribution < -0.4 is 10.1 Å². The van der Waals surface area contributed by atoms with Gasteiger partial charge in [0.1, 0.15) is 29.1 Å². The zero-order chi connectivity index (χ0) is 18.1. The predicted molar refractivity (Wildman–Crippen MR) is 95.5 cm³/mol. The zero-order valence-corrected chi connectivity index (χ0v) is 14.8. The fraction of sp³-hybridized carbons (Fsp3) is 0.389. The number of nitrogens with zero attached hydrogens (tertiary/aromatic N) is 3. The van der Waals surface area contributed by atoms with Gasteiger partial charge < -0.3 is 10.1 Å². The lowest BCUT2D eigenvalue weighted by Crippen LogP contribution is -2.08. The second-order valence-corrected chi connectivity index (χ2v) is 5.85. The first-order valence-corrected chi connectivity index (χ1v) is 8.46. The Balaban J connectivity index is 1.82. The van der Waals surface area contributed by atoms with Gasteiger partial charge in [0, 0.05) is 13.0 Å². The minimum absolute atomic E-state index is 0.192. The number of aromatic nitrogens is 2. The van der Waals surface area contributed by atoms with E-state index in [-0.39, 0.29) is 10.7 Å². The molecule has 1 N–H and O–H groups in total. The van der Waals surface area contributed by atoms with Crippen LogP contribution in [0.5, 0.6) is 5.75 Å². The summed E-state index contributed by atoms with van der Waals surface area (Å²) in [6, 6.07) is 9.87. The molecule has 1 heterocycles. The molecule has 1 aromatic heterocycles. The average molecular weight is 363 g/mol. The summed E-state index contributed by atoms with van der Waals surface area (Å²) in [5.41, 5.74) is 1.32. The second-order valence-electron chi connectivity index (χ2n) is 5.47. The zero-order valence-electron chi connectivity index (χ0n) is 14.0. The number of anilines is 1. The Kier molecular flexibility index (Phi) is 7.42. The molecule has 0 aliphatic carbocycles. The van der Waals surface area contributed by atoms with Crippen molar-refractivity contribution in [2.24, 2.45) is 0 Å². The highest BCUT2D eigenvalue weighted by atomic mass is 35.5. The molecule has 25 heavy (non-hydrogen) atoms. The number of hydrogen-bond donors (Lipinski definition) is 1. The number of rotatable bonds is 9. The molecule has 0 spiro atoms. The van der Waals surface area contributed by atoms with E-state index in [9.17, 15) is 4.39 Å². The summed E-state index contributed by atoms with van der Waals surface area (Å²) in [4.78, 5) is 7.91. The van der Waals surface area contributed by atoms with Crippen LogP contribution in [-0.2, 0) is 6.42 Å². The Bertz CT molecular complexity index is 716. The average Bonchev–Trinajstić information content (AvgIpc) is 2.61. The lowest BCUT2D eigenvalue weighted by molar-refractivity contribution is 0.312.